The molecule has 20 heavy (non-hydrogen) atoms. The van der Waals surface area contributed by atoms with E-state index in [0.717, 1.165) is 50.8 Å². The Bertz CT molecular complexity index is 477. The maximum absolute atomic E-state index is 8.97. The van der Waals surface area contributed by atoms with Crippen LogP contribution in [0.2, 0.25) is 0 Å². The summed E-state index contributed by atoms with van der Waals surface area (Å²) in [5.41, 5.74) is 6.27. The number of hydrogen-bond donors (Lipinski definition) is 2. The summed E-state index contributed by atoms with van der Waals surface area (Å²) in [6.07, 6.45) is 1.03. The Kier molecular flexibility index (Phi) is 5.47. The number of nitrogens with two attached hydrogens (primary N) is 1. The number of hydrogen-bond acceptors (Lipinski definition) is 7. The van der Waals surface area contributed by atoms with Crippen molar-refractivity contribution in [3.8, 4) is 11.8 Å². The second kappa shape index (κ2) is 7.33. The Morgan fingerprint density at radius 3 is 2.90 bits per heavy atom. The van der Waals surface area contributed by atoms with Gasteiger partial charge < -0.3 is 20.5 Å². The fraction of sp³-hybridized carbons (Fsp3) is 0.615. The maximum atomic E-state index is 8.97. The van der Waals surface area contributed by atoms with Crippen molar-refractivity contribution in [2.75, 3.05) is 57.6 Å². The summed E-state index contributed by atoms with van der Waals surface area (Å²) in [6, 6.07) is 2.08. The first-order valence-electron chi connectivity index (χ1n) is 6.66. The maximum Gasteiger partial charge on any atom is 0.177 e. The Hall–Kier alpha value is -1.49. The third-order valence-corrected chi connectivity index (χ3v) is 4.29. The lowest BCUT2D eigenvalue weighted by Gasteiger charge is -2.26. The molecule has 2 rings (SSSR count). The Morgan fingerprint density at radius 2 is 2.25 bits per heavy atom. The highest BCUT2D eigenvalue weighted by molar-refractivity contribution is 7.17. The van der Waals surface area contributed by atoms with Crippen LogP contribution in [0, 0.1) is 11.3 Å². The van der Waals surface area contributed by atoms with Gasteiger partial charge in [0.05, 0.1) is 20.3 Å². The zero-order chi connectivity index (χ0) is 14.4. The Labute approximate surface area is 123 Å². The van der Waals surface area contributed by atoms with Crippen LogP contribution in [0.25, 0.3) is 0 Å². The molecule has 0 aromatic carbocycles. The van der Waals surface area contributed by atoms with Gasteiger partial charge in [0.1, 0.15) is 21.6 Å². The molecule has 1 aliphatic heterocycles. The van der Waals surface area contributed by atoms with E-state index in [-0.39, 0.29) is 0 Å². The summed E-state index contributed by atoms with van der Waals surface area (Å²) in [7, 11) is 1.57. The first-order valence-corrected chi connectivity index (χ1v) is 7.48. The Balaban J connectivity index is 1.80. The molecule has 1 fully saturated rings. The van der Waals surface area contributed by atoms with Crippen molar-refractivity contribution in [2.45, 2.75) is 6.42 Å². The molecule has 110 valence electrons. The zero-order valence-corrected chi connectivity index (χ0v) is 12.5. The summed E-state index contributed by atoms with van der Waals surface area (Å²) in [5, 5.41) is 13.1. The lowest BCUT2D eigenvalue weighted by Crippen LogP contribution is -2.37. The van der Waals surface area contributed by atoms with Crippen molar-refractivity contribution in [1.82, 2.24) is 4.90 Å². The normalized spacial score (nSPS) is 15.8. The summed E-state index contributed by atoms with van der Waals surface area (Å²) >= 11 is 1.34. The highest BCUT2D eigenvalue weighted by Gasteiger charge is 2.16. The van der Waals surface area contributed by atoms with Gasteiger partial charge in [-0.05, 0) is 13.0 Å². The molecule has 6 nitrogen and oxygen atoms in total. The predicted molar refractivity (Wildman–Crippen MR) is 80.4 cm³/mol. The van der Waals surface area contributed by atoms with Crippen LogP contribution in [0.1, 0.15) is 11.3 Å². The molecule has 3 N–H and O–H groups in total. The zero-order valence-electron chi connectivity index (χ0n) is 11.6. The first-order chi connectivity index (χ1) is 9.76. The predicted octanol–water partition coefficient (Wildman–Crippen LogP) is 1.34. The largest absolute Gasteiger partial charge is 0.492 e. The minimum Gasteiger partial charge on any atom is -0.492 e. The van der Waals surface area contributed by atoms with E-state index < -0.39 is 0 Å². The van der Waals surface area contributed by atoms with Gasteiger partial charge in [-0.1, -0.05) is 0 Å². The molecule has 1 aromatic heterocycles. The molecule has 1 saturated heterocycles. The molecule has 0 aliphatic carbocycles. The third-order valence-electron chi connectivity index (χ3n) is 3.25. The molecular weight excluding hydrogens is 276 g/mol. The van der Waals surface area contributed by atoms with Gasteiger partial charge in [-0.2, -0.15) is 5.26 Å². The molecule has 7 heteroatoms. The molecular formula is C13H20N4O2S. The van der Waals surface area contributed by atoms with Crippen LogP contribution in [-0.2, 0) is 4.74 Å². The monoisotopic (exact) mass is 296 g/mol. The molecule has 1 aromatic rings. The van der Waals surface area contributed by atoms with E-state index in [1.165, 1.54) is 11.3 Å². The summed E-state index contributed by atoms with van der Waals surface area (Å²) in [5.74, 6) is 0.581. The Morgan fingerprint density at radius 1 is 1.50 bits per heavy atom. The van der Waals surface area contributed by atoms with Crippen LogP contribution >= 0.6 is 11.3 Å². The minimum absolute atomic E-state index is 0.427. The fourth-order valence-electron chi connectivity index (χ4n) is 2.16. The van der Waals surface area contributed by atoms with Crippen LogP contribution in [0.15, 0.2) is 0 Å². The number of nitrogens with one attached hydrogen (secondary N) is 1. The highest BCUT2D eigenvalue weighted by Crippen LogP contribution is 2.41. The van der Waals surface area contributed by atoms with Crippen molar-refractivity contribution in [2.24, 2.45) is 0 Å². The van der Waals surface area contributed by atoms with Gasteiger partial charge in [0, 0.05) is 19.6 Å². The van der Waals surface area contributed by atoms with Gasteiger partial charge in [0.2, 0.25) is 0 Å². The summed E-state index contributed by atoms with van der Waals surface area (Å²) < 4.78 is 10.6. The average Bonchev–Trinajstić information content (AvgIpc) is 2.80. The molecule has 0 spiro atoms. The van der Waals surface area contributed by atoms with Gasteiger partial charge in [-0.3, -0.25) is 4.90 Å². The number of nitrogens with zero attached hydrogens (tertiary/aromatic N) is 2. The number of thiophene rings is 1. The van der Waals surface area contributed by atoms with E-state index in [1.54, 1.807) is 7.11 Å². The molecule has 0 bridgehead atoms. The topological polar surface area (TPSA) is 83.5 Å². The van der Waals surface area contributed by atoms with Crippen molar-refractivity contribution in [1.29, 1.82) is 5.26 Å². The number of morpholine rings is 1. The lowest BCUT2D eigenvalue weighted by molar-refractivity contribution is 0.0378. The van der Waals surface area contributed by atoms with Crippen LogP contribution in [0.4, 0.5) is 10.7 Å². The van der Waals surface area contributed by atoms with E-state index in [4.69, 9.17) is 20.5 Å². The molecule has 2 heterocycles. The van der Waals surface area contributed by atoms with Crippen molar-refractivity contribution < 1.29 is 9.47 Å². The molecule has 0 atom stereocenters. The quantitative estimate of drug-likeness (QED) is 0.771. The minimum atomic E-state index is 0.427. The molecule has 0 amide bonds. The second-order valence-corrected chi connectivity index (χ2v) is 5.57. The van der Waals surface area contributed by atoms with E-state index in [0.29, 0.717) is 16.3 Å². The average molecular weight is 296 g/mol. The van der Waals surface area contributed by atoms with E-state index in [2.05, 4.69) is 16.3 Å². The second-order valence-electron chi connectivity index (χ2n) is 4.55. The summed E-state index contributed by atoms with van der Waals surface area (Å²) in [6.45, 7) is 5.55. The van der Waals surface area contributed by atoms with Gasteiger partial charge in [-0.15, -0.1) is 11.3 Å². The van der Waals surface area contributed by atoms with Gasteiger partial charge in [0.15, 0.2) is 5.75 Å². The molecule has 0 unspecified atom stereocenters. The van der Waals surface area contributed by atoms with E-state index in [9.17, 15) is 0 Å². The first kappa shape index (κ1) is 14.9. The highest BCUT2D eigenvalue weighted by atomic mass is 32.1. The standard InChI is InChI=1S/C13H20N4O2S/c1-18-12-11(15)10(9-14)20-13(12)16-3-2-4-17-5-7-19-8-6-17/h16H,2-8,15H2,1H3. The number of nitriles is 1. The van der Waals surface area contributed by atoms with Crippen LogP contribution in [-0.4, -0.2) is 51.4 Å². The van der Waals surface area contributed by atoms with Crippen molar-refractivity contribution >= 4 is 22.0 Å². The SMILES string of the molecule is COc1c(NCCCN2CCOCC2)sc(C#N)c1N. The number of rotatable bonds is 6. The van der Waals surface area contributed by atoms with Crippen molar-refractivity contribution in [3.05, 3.63) is 4.88 Å². The lowest BCUT2D eigenvalue weighted by atomic mass is 10.3. The smallest absolute Gasteiger partial charge is 0.177 e. The van der Waals surface area contributed by atoms with Gasteiger partial charge in [-0.25, -0.2) is 0 Å². The van der Waals surface area contributed by atoms with Crippen LogP contribution < -0.4 is 15.8 Å². The van der Waals surface area contributed by atoms with Gasteiger partial charge >= 0.3 is 0 Å². The molecule has 1 aliphatic rings. The van der Waals surface area contributed by atoms with Crippen LogP contribution in [0.3, 0.4) is 0 Å². The van der Waals surface area contributed by atoms with E-state index >= 15 is 0 Å². The number of methoxy groups -OCH3 is 1. The molecule has 0 radical (unpaired) electrons. The van der Waals surface area contributed by atoms with Gasteiger partial charge in [0.25, 0.3) is 0 Å². The van der Waals surface area contributed by atoms with Crippen LogP contribution in [0.5, 0.6) is 5.75 Å². The van der Waals surface area contributed by atoms with Crippen molar-refractivity contribution in [3.63, 3.8) is 0 Å². The third kappa shape index (κ3) is 3.54. The van der Waals surface area contributed by atoms with E-state index in [1.807, 2.05) is 0 Å². The number of ether oxygens (including phenoxy) is 2. The summed E-state index contributed by atoms with van der Waals surface area (Å²) in [4.78, 5) is 2.89. The molecule has 0 saturated carbocycles. The number of nitrogen functional groups attached to an aromatic ring is 1. The fourth-order valence-corrected chi connectivity index (χ4v) is 3.07. The number of anilines is 2.